The quantitative estimate of drug-likeness (QED) is 0.554. The van der Waals surface area contributed by atoms with E-state index in [2.05, 4.69) is 46.1 Å². The molecule has 0 spiro atoms. The number of rotatable bonds is 5. The summed E-state index contributed by atoms with van der Waals surface area (Å²) in [6, 6.07) is 17.7. The second kappa shape index (κ2) is 7.75. The lowest BCUT2D eigenvalue weighted by Crippen LogP contribution is -2.18. The maximum atomic E-state index is 11.8. The van der Waals surface area contributed by atoms with Crippen molar-refractivity contribution in [2.45, 2.75) is 13.3 Å². The first kappa shape index (κ1) is 18.7. The Morgan fingerprint density at radius 1 is 1.10 bits per heavy atom. The van der Waals surface area contributed by atoms with E-state index >= 15 is 0 Å². The van der Waals surface area contributed by atoms with E-state index in [0.717, 1.165) is 23.3 Å². The summed E-state index contributed by atoms with van der Waals surface area (Å²) in [5.41, 5.74) is 4.69. The fourth-order valence-corrected chi connectivity index (χ4v) is 3.20. The number of nitrogens with one attached hydrogen (secondary N) is 1. The monoisotopic (exact) mass is 388 g/mol. The lowest BCUT2D eigenvalue weighted by molar-refractivity contribution is 0.0958. The van der Waals surface area contributed by atoms with Crippen molar-refractivity contribution in [2.24, 2.45) is 7.05 Å². The number of ether oxygens (including phenoxy) is 1. The summed E-state index contributed by atoms with van der Waals surface area (Å²) in [7, 11) is 3.60. The number of benzene rings is 2. The molecule has 6 heteroatoms. The van der Waals surface area contributed by atoms with Gasteiger partial charge in [0.15, 0.2) is 0 Å². The number of aromatic nitrogens is 3. The van der Waals surface area contributed by atoms with Crippen LogP contribution in [-0.2, 0) is 13.5 Å². The maximum Gasteiger partial charge on any atom is 0.269 e. The SMILES string of the molecule is CNC(=O)c1cc(Oc2ccc3c(c2)nc(Cc2ccc(C)cc2)n3C)ccn1.[HH]. The third-order valence-electron chi connectivity index (χ3n) is 4.85. The first-order chi connectivity index (χ1) is 14.0. The fraction of sp³-hybridized carbons (Fsp3) is 0.174. The molecule has 29 heavy (non-hydrogen) atoms. The molecule has 148 valence electrons. The summed E-state index contributed by atoms with van der Waals surface area (Å²) >= 11 is 0. The molecule has 0 radical (unpaired) electrons. The fourth-order valence-electron chi connectivity index (χ4n) is 3.20. The van der Waals surface area contributed by atoms with Crippen LogP contribution in [0.4, 0.5) is 0 Å². The van der Waals surface area contributed by atoms with Gasteiger partial charge in [0.25, 0.3) is 5.91 Å². The van der Waals surface area contributed by atoms with E-state index in [-0.39, 0.29) is 7.33 Å². The van der Waals surface area contributed by atoms with E-state index in [1.54, 1.807) is 25.4 Å². The normalized spacial score (nSPS) is 10.9. The number of pyridine rings is 1. The molecule has 0 fully saturated rings. The molecule has 2 aromatic carbocycles. The highest BCUT2D eigenvalue weighted by Gasteiger charge is 2.11. The lowest BCUT2D eigenvalue weighted by Gasteiger charge is -2.07. The molecule has 0 unspecified atom stereocenters. The van der Waals surface area contributed by atoms with Crippen LogP contribution < -0.4 is 10.1 Å². The van der Waals surface area contributed by atoms with Gasteiger partial charge in [-0.25, -0.2) is 4.98 Å². The predicted molar refractivity (Wildman–Crippen MR) is 115 cm³/mol. The van der Waals surface area contributed by atoms with Crippen LogP contribution in [-0.4, -0.2) is 27.5 Å². The molecule has 0 aliphatic heterocycles. The average Bonchev–Trinajstić information content (AvgIpc) is 3.04. The molecule has 1 amide bonds. The van der Waals surface area contributed by atoms with Gasteiger partial charge in [-0.2, -0.15) is 0 Å². The van der Waals surface area contributed by atoms with Crippen molar-refractivity contribution in [2.75, 3.05) is 7.05 Å². The molecular formula is C23H24N4O2. The smallest absolute Gasteiger partial charge is 0.269 e. The van der Waals surface area contributed by atoms with Gasteiger partial charge in [-0.3, -0.25) is 9.78 Å². The third-order valence-corrected chi connectivity index (χ3v) is 4.85. The lowest BCUT2D eigenvalue weighted by atomic mass is 10.1. The number of carbonyl (C=O) groups excluding carboxylic acids is 1. The number of nitrogens with zero attached hydrogens (tertiary/aromatic N) is 3. The molecule has 0 saturated heterocycles. The summed E-state index contributed by atoms with van der Waals surface area (Å²) in [5.74, 6) is 1.95. The number of fused-ring (bicyclic) bond motifs is 1. The molecule has 4 rings (SSSR count). The number of amides is 1. The van der Waals surface area contributed by atoms with Gasteiger partial charge in [-0.15, -0.1) is 0 Å². The number of hydrogen-bond donors (Lipinski definition) is 1. The number of imidazole rings is 1. The highest BCUT2D eigenvalue weighted by Crippen LogP contribution is 2.26. The molecule has 0 aliphatic carbocycles. The van der Waals surface area contributed by atoms with Gasteiger partial charge >= 0.3 is 0 Å². The van der Waals surface area contributed by atoms with Crippen LogP contribution in [0, 0.1) is 6.92 Å². The van der Waals surface area contributed by atoms with Crippen LogP contribution in [0.15, 0.2) is 60.8 Å². The minimum atomic E-state index is -0.253. The van der Waals surface area contributed by atoms with Crippen molar-refractivity contribution in [3.8, 4) is 11.5 Å². The number of carbonyl (C=O) groups is 1. The van der Waals surface area contributed by atoms with E-state index < -0.39 is 0 Å². The van der Waals surface area contributed by atoms with Gasteiger partial charge in [-0.1, -0.05) is 29.8 Å². The molecule has 0 bridgehead atoms. The zero-order valence-electron chi connectivity index (χ0n) is 16.6. The Hall–Kier alpha value is -3.67. The Bertz CT molecular complexity index is 1190. The molecule has 0 aliphatic rings. The maximum absolute atomic E-state index is 11.8. The molecule has 0 saturated carbocycles. The van der Waals surface area contributed by atoms with Crippen LogP contribution in [0.5, 0.6) is 11.5 Å². The van der Waals surface area contributed by atoms with Gasteiger partial charge in [0.2, 0.25) is 0 Å². The highest BCUT2D eigenvalue weighted by molar-refractivity contribution is 5.92. The van der Waals surface area contributed by atoms with Gasteiger partial charge in [0.1, 0.15) is 23.0 Å². The molecule has 2 heterocycles. The minimum absolute atomic E-state index is 0. The van der Waals surface area contributed by atoms with E-state index in [1.165, 1.54) is 11.1 Å². The summed E-state index contributed by atoms with van der Waals surface area (Å²) < 4.78 is 8.04. The van der Waals surface area contributed by atoms with Crippen LogP contribution >= 0.6 is 0 Å². The van der Waals surface area contributed by atoms with Crippen molar-refractivity contribution < 1.29 is 11.0 Å². The van der Waals surface area contributed by atoms with Gasteiger partial charge in [0, 0.05) is 40.3 Å². The minimum Gasteiger partial charge on any atom is -0.457 e. The molecule has 2 aromatic heterocycles. The van der Waals surface area contributed by atoms with Crippen molar-refractivity contribution in [1.82, 2.24) is 19.9 Å². The standard InChI is InChI=1S/C23H22N4O2.H2/c1-15-4-6-16(7-5-15)12-22-26-19-13-17(8-9-21(19)27(22)3)29-18-10-11-25-20(14-18)23(28)24-2;/h4-11,13-14H,12H2,1-3H3,(H,24,28);1H. The van der Waals surface area contributed by atoms with Crippen molar-refractivity contribution in [1.29, 1.82) is 0 Å². The zero-order valence-corrected chi connectivity index (χ0v) is 16.6. The van der Waals surface area contributed by atoms with E-state index in [0.29, 0.717) is 17.2 Å². The van der Waals surface area contributed by atoms with Gasteiger partial charge in [0.05, 0.1) is 11.0 Å². The van der Waals surface area contributed by atoms with E-state index in [1.807, 2.05) is 25.2 Å². The summed E-state index contributed by atoms with van der Waals surface area (Å²) in [6.07, 6.45) is 2.32. The van der Waals surface area contributed by atoms with Crippen molar-refractivity contribution >= 4 is 16.9 Å². The number of hydrogen-bond acceptors (Lipinski definition) is 4. The van der Waals surface area contributed by atoms with Crippen molar-refractivity contribution in [3.63, 3.8) is 0 Å². The molecule has 4 aromatic rings. The molecule has 6 nitrogen and oxygen atoms in total. The summed E-state index contributed by atoms with van der Waals surface area (Å²) in [4.78, 5) is 20.6. The van der Waals surface area contributed by atoms with Crippen LogP contribution in [0.1, 0.15) is 28.9 Å². The first-order valence-electron chi connectivity index (χ1n) is 9.40. The predicted octanol–water partition coefficient (Wildman–Crippen LogP) is 4.27. The first-order valence-corrected chi connectivity index (χ1v) is 9.40. The van der Waals surface area contributed by atoms with Crippen molar-refractivity contribution in [3.05, 3.63) is 83.4 Å². The Labute approximate surface area is 170 Å². The van der Waals surface area contributed by atoms with Gasteiger partial charge < -0.3 is 14.6 Å². The van der Waals surface area contributed by atoms with E-state index in [4.69, 9.17) is 9.72 Å². The average molecular weight is 388 g/mol. The highest BCUT2D eigenvalue weighted by atomic mass is 16.5. The summed E-state index contributed by atoms with van der Waals surface area (Å²) in [6.45, 7) is 2.08. The Morgan fingerprint density at radius 2 is 1.86 bits per heavy atom. The largest absolute Gasteiger partial charge is 0.457 e. The second-order valence-corrected chi connectivity index (χ2v) is 6.96. The third kappa shape index (κ3) is 3.96. The van der Waals surface area contributed by atoms with Crippen LogP contribution in [0.2, 0.25) is 0 Å². The number of aryl methyl sites for hydroxylation is 2. The zero-order chi connectivity index (χ0) is 20.4. The van der Waals surface area contributed by atoms with E-state index in [9.17, 15) is 4.79 Å². The Balaban J connectivity index is 0.00000256. The molecular weight excluding hydrogens is 364 g/mol. The molecule has 0 atom stereocenters. The van der Waals surface area contributed by atoms with Crippen LogP contribution in [0.3, 0.4) is 0 Å². The Morgan fingerprint density at radius 3 is 2.62 bits per heavy atom. The van der Waals surface area contributed by atoms with Crippen LogP contribution in [0.25, 0.3) is 11.0 Å². The second-order valence-electron chi connectivity index (χ2n) is 6.96. The topological polar surface area (TPSA) is 69.0 Å². The Kier molecular flexibility index (Phi) is 4.99. The molecule has 1 N–H and O–H groups in total. The van der Waals surface area contributed by atoms with Gasteiger partial charge in [-0.05, 0) is 30.7 Å². The summed E-state index contributed by atoms with van der Waals surface area (Å²) in [5, 5.41) is 2.56.